The number of nitrogens with zero attached hydrogens (tertiary/aromatic N) is 5. The number of hydrogen-bond donors (Lipinski definition) is 1. The smallest absolute Gasteiger partial charge is 0.376 e. The molecular weight excluding hydrogens is 615 g/mol. The summed E-state index contributed by atoms with van der Waals surface area (Å²) < 4.78 is 79.0. The zero-order valence-corrected chi connectivity index (χ0v) is 24.6. The Hall–Kier alpha value is -4.37. The van der Waals surface area contributed by atoms with Crippen LogP contribution in [0.1, 0.15) is 35.0 Å². The maximum absolute atomic E-state index is 15.7. The summed E-state index contributed by atoms with van der Waals surface area (Å²) in [6.07, 6.45) is -5.27. The first-order valence-electron chi connectivity index (χ1n) is 14.7. The molecule has 2 aromatic carbocycles. The number of ether oxygens (including phenoxy) is 1. The van der Waals surface area contributed by atoms with Gasteiger partial charge in [0.05, 0.1) is 31.6 Å². The number of alkyl halides is 4. The van der Waals surface area contributed by atoms with E-state index in [4.69, 9.17) is 4.74 Å². The van der Waals surface area contributed by atoms with E-state index >= 15 is 4.39 Å². The lowest BCUT2D eigenvalue weighted by atomic mass is 9.90. The minimum atomic E-state index is -4.91. The second kappa shape index (κ2) is 10.6. The van der Waals surface area contributed by atoms with E-state index in [1.807, 2.05) is 11.7 Å². The molecule has 0 unspecified atom stereocenters. The van der Waals surface area contributed by atoms with Crippen LogP contribution >= 0.6 is 0 Å². The number of carbonyl (C=O) groups excluding carboxylic acids is 3. The number of halogens is 5. The van der Waals surface area contributed by atoms with E-state index in [1.165, 1.54) is 12.1 Å². The zero-order chi connectivity index (χ0) is 32.6. The number of likely N-dealkylation sites (N-methyl/N-ethyl adjacent to an activating group) is 1. The standard InChI is InChI=1S/C31H29F5N6O4/c1-39-8-9-42-25(14-39)22(12-37-42)19-4-7-23-21(10-19)24(33)11-30(23)27(44)40(28(45)38-30)15-26(43)41(13-18-2-5-20(32)6-3-18)29(16-46-17-29)31(34,35)36/h2-7,10,12,24H,8-9,11,13-17H2,1H3,(H,38,45)/t24-,30+/m1/s1. The van der Waals surface area contributed by atoms with Gasteiger partial charge >= 0.3 is 12.2 Å². The van der Waals surface area contributed by atoms with Crippen molar-refractivity contribution >= 4 is 17.8 Å². The Balaban J connectivity index is 1.17. The SMILES string of the molecule is CN1CCn2ncc(-c3ccc4c(c3)[C@H](F)C[C@]43NC(=O)N(CC(=O)N(Cc4ccc(F)cc4)C4(C(F)(F)F)COC4)C3=O)c2C1. The fourth-order valence-corrected chi connectivity index (χ4v) is 6.81. The number of urea groups is 1. The van der Waals surface area contributed by atoms with Gasteiger partial charge in [-0.3, -0.25) is 24.1 Å². The van der Waals surface area contributed by atoms with Gasteiger partial charge in [-0.2, -0.15) is 18.3 Å². The van der Waals surface area contributed by atoms with Crippen molar-refractivity contribution in [3.8, 4) is 11.1 Å². The van der Waals surface area contributed by atoms with Crippen LogP contribution < -0.4 is 5.32 Å². The van der Waals surface area contributed by atoms with Crippen LogP contribution in [0.15, 0.2) is 48.7 Å². The third kappa shape index (κ3) is 4.58. The minimum Gasteiger partial charge on any atom is -0.376 e. The van der Waals surface area contributed by atoms with Crippen LogP contribution in [0.2, 0.25) is 0 Å². The molecule has 1 aliphatic carbocycles. The van der Waals surface area contributed by atoms with Crippen LogP contribution in [0.25, 0.3) is 11.1 Å². The molecule has 4 heterocycles. The van der Waals surface area contributed by atoms with Gasteiger partial charge in [0.2, 0.25) is 5.91 Å². The predicted molar refractivity (Wildman–Crippen MR) is 151 cm³/mol. The van der Waals surface area contributed by atoms with Gasteiger partial charge in [0.15, 0.2) is 5.54 Å². The Kier molecular flexibility index (Phi) is 6.97. The third-order valence-electron chi connectivity index (χ3n) is 9.46. The van der Waals surface area contributed by atoms with E-state index in [1.54, 1.807) is 24.4 Å². The highest BCUT2D eigenvalue weighted by Crippen LogP contribution is 2.50. The van der Waals surface area contributed by atoms with Crippen molar-refractivity contribution in [1.82, 2.24) is 29.8 Å². The van der Waals surface area contributed by atoms with Crippen LogP contribution in [0, 0.1) is 5.82 Å². The van der Waals surface area contributed by atoms with E-state index in [-0.39, 0.29) is 16.7 Å². The lowest BCUT2D eigenvalue weighted by Crippen LogP contribution is -2.72. The van der Waals surface area contributed by atoms with Crippen LogP contribution in [0.4, 0.5) is 26.7 Å². The van der Waals surface area contributed by atoms with Crippen molar-refractivity contribution in [3.05, 3.63) is 76.9 Å². The first-order valence-corrected chi connectivity index (χ1v) is 14.7. The molecule has 242 valence electrons. The van der Waals surface area contributed by atoms with Gasteiger partial charge in [-0.25, -0.2) is 13.6 Å². The number of aromatic nitrogens is 2. The molecule has 10 nitrogen and oxygen atoms in total. The van der Waals surface area contributed by atoms with Crippen molar-refractivity contribution in [2.24, 2.45) is 0 Å². The van der Waals surface area contributed by atoms with E-state index < -0.39 is 79.8 Å². The van der Waals surface area contributed by atoms with E-state index in [0.717, 1.165) is 29.9 Å². The first kappa shape index (κ1) is 30.3. The van der Waals surface area contributed by atoms with Crippen molar-refractivity contribution < 1.29 is 41.1 Å². The highest BCUT2D eigenvalue weighted by Gasteiger charge is 2.65. The molecule has 0 radical (unpaired) electrons. The Bertz CT molecular complexity index is 1740. The summed E-state index contributed by atoms with van der Waals surface area (Å²) in [5.74, 6) is -2.72. The van der Waals surface area contributed by atoms with Gasteiger partial charge in [-0.05, 0) is 47.5 Å². The van der Waals surface area contributed by atoms with Gasteiger partial charge in [0.1, 0.15) is 24.1 Å². The molecule has 0 saturated carbocycles. The van der Waals surface area contributed by atoms with Crippen LogP contribution in [0.5, 0.6) is 0 Å². The summed E-state index contributed by atoms with van der Waals surface area (Å²) in [6, 6.07) is 8.46. The summed E-state index contributed by atoms with van der Waals surface area (Å²) in [4.78, 5) is 43.9. The highest BCUT2D eigenvalue weighted by atomic mass is 19.4. The molecule has 3 aliphatic heterocycles. The number of fused-ring (bicyclic) bond motifs is 3. The van der Waals surface area contributed by atoms with E-state index in [9.17, 15) is 31.9 Å². The molecule has 46 heavy (non-hydrogen) atoms. The Morgan fingerprint density at radius 2 is 1.87 bits per heavy atom. The maximum Gasteiger partial charge on any atom is 0.416 e. The molecule has 0 bridgehead atoms. The van der Waals surface area contributed by atoms with Gasteiger partial charge < -0.3 is 15.0 Å². The summed E-state index contributed by atoms with van der Waals surface area (Å²) in [7, 11) is 1.99. The molecule has 1 spiro atoms. The van der Waals surface area contributed by atoms with Crippen molar-refractivity contribution in [1.29, 1.82) is 0 Å². The monoisotopic (exact) mass is 644 g/mol. The van der Waals surface area contributed by atoms with Gasteiger partial charge in [0.25, 0.3) is 5.91 Å². The second-order valence-electron chi connectivity index (χ2n) is 12.3. The van der Waals surface area contributed by atoms with Crippen molar-refractivity contribution in [2.45, 2.75) is 49.5 Å². The Labute approximate surface area is 259 Å². The second-order valence-corrected chi connectivity index (χ2v) is 12.3. The quantitative estimate of drug-likeness (QED) is 0.325. The van der Waals surface area contributed by atoms with Crippen LogP contribution in [0.3, 0.4) is 0 Å². The molecule has 2 atom stereocenters. The zero-order valence-electron chi connectivity index (χ0n) is 24.6. The van der Waals surface area contributed by atoms with Gasteiger partial charge in [-0.15, -0.1) is 0 Å². The number of nitrogens with one attached hydrogen (secondary N) is 1. The minimum absolute atomic E-state index is 0.198. The first-order chi connectivity index (χ1) is 21.8. The lowest BCUT2D eigenvalue weighted by molar-refractivity contribution is -0.302. The molecule has 15 heteroatoms. The van der Waals surface area contributed by atoms with Gasteiger partial charge in [0, 0.05) is 31.6 Å². The summed E-state index contributed by atoms with van der Waals surface area (Å²) in [6.45, 7) is -1.10. The normalized spacial score (nSPS) is 23.7. The lowest BCUT2D eigenvalue weighted by Gasteiger charge is -2.50. The average Bonchev–Trinajstić information content (AvgIpc) is 3.59. The van der Waals surface area contributed by atoms with Crippen LogP contribution in [-0.4, -0.2) is 87.4 Å². The highest BCUT2D eigenvalue weighted by molar-refractivity contribution is 6.10. The summed E-state index contributed by atoms with van der Waals surface area (Å²) in [5, 5.41) is 6.98. The number of hydrogen-bond acceptors (Lipinski definition) is 6. The topological polar surface area (TPSA) is 100 Å². The molecule has 4 aliphatic rings. The summed E-state index contributed by atoms with van der Waals surface area (Å²) in [5.41, 5.74) is -1.45. The number of benzene rings is 2. The molecule has 4 amide bonds. The van der Waals surface area contributed by atoms with E-state index in [2.05, 4.69) is 15.3 Å². The Morgan fingerprint density at radius 3 is 2.54 bits per heavy atom. The average molecular weight is 645 g/mol. The molecule has 2 fully saturated rings. The molecule has 1 aromatic heterocycles. The molecule has 7 rings (SSSR count). The fraction of sp³-hybridized carbons (Fsp3) is 0.419. The Morgan fingerprint density at radius 1 is 1.13 bits per heavy atom. The van der Waals surface area contributed by atoms with Crippen molar-refractivity contribution in [2.75, 3.05) is 33.4 Å². The predicted octanol–water partition coefficient (Wildman–Crippen LogP) is 3.66. The number of rotatable bonds is 6. The number of carbonyl (C=O) groups is 3. The van der Waals surface area contributed by atoms with Gasteiger partial charge in [-0.1, -0.05) is 24.3 Å². The molecule has 2 saturated heterocycles. The van der Waals surface area contributed by atoms with E-state index in [0.29, 0.717) is 28.5 Å². The molecule has 3 aromatic rings. The summed E-state index contributed by atoms with van der Waals surface area (Å²) >= 11 is 0. The number of imide groups is 1. The fourth-order valence-electron chi connectivity index (χ4n) is 6.81. The maximum atomic E-state index is 15.7. The molecule has 1 N–H and O–H groups in total. The third-order valence-corrected chi connectivity index (χ3v) is 9.46. The number of amides is 4. The van der Waals surface area contributed by atoms with Crippen molar-refractivity contribution in [3.63, 3.8) is 0 Å². The van der Waals surface area contributed by atoms with Crippen LogP contribution in [-0.2, 0) is 39.5 Å². The molecular formula is C31H29F5N6O4. The largest absolute Gasteiger partial charge is 0.416 e.